The molecule has 1 N–H and O–H groups in total. The summed E-state index contributed by atoms with van der Waals surface area (Å²) in [5.41, 5.74) is 0.710. The molecule has 1 fully saturated rings. The topological polar surface area (TPSA) is 37.8 Å². The standard InChI is InChI=1S/C14H14F3N3S/c15-14(16,17)12-5-4-9(7-19-12)13-20-11(8-21-13)10-3-1-2-6-18-10/h4-5,7-8,10,18H,1-3,6H2. The second-order valence-corrected chi connectivity index (χ2v) is 5.87. The van der Waals surface area contributed by atoms with Crippen LogP contribution in [-0.4, -0.2) is 16.5 Å². The van der Waals surface area contributed by atoms with Gasteiger partial charge in [0, 0.05) is 17.1 Å². The first-order valence-electron chi connectivity index (χ1n) is 6.76. The maximum absolute atomic E-state index is 12.5. The molecule has 7 heteroatoms. The Labute approximate surface area is 124 Å². The molecule has 3 heterocycles. The number of hydrogen-bond acceptors (Lipinski definition) is 4. The molecule has 1 saturated heterocycles. The lowest BCUT2D eigenvalue weighted by molar-refractivity contribution is -0.141. The first kappa shape index (κ1) is 14.5. The van der Waals surface area contributed by atoms with Gasteiger partial charge in [0.1, 0.15) is 10.7 Å². The zero-order chi connectivity index (χ0) is 14.9. The van der Waals surface area contributed by atoms with Gasteiger partial charge < -0.3 is 5.32 Å². The van der Waals surface area contributed by atoms with Crippen molar-refractivity contribution in [2.75, 3.05) is 6.54 Å². The van der Waals surface area contributed by atoms with Crippen LogP contribution in [0.1, 0.15) is 36.7 Å². The van der Waals surface area contributed by atoms with Gasteiger partial charge in [0.15, 0.2) is 0 Å². The molecular weight excluding hydrogens is 299 g/mol. The Morgan fingerprint density at radius 1 is 1.24 bits per heavy atom. The molecule has 3 rings (SSSR count). The van der Waals surface area contributed by atoms with Crippen molar-refractivity contribution in [2.24, 2.45) is 0 Å². The van der Waals surface area contributed by atoms with Crippen LogP contribution in [0.3, 0.4) is 0 Å². The normalized spacial score (nSPS) is 19.7. The summed E-state index contributed by atoms with van der Waals surface area (Å²) in [5, 5.41) is 6.08. The lowest BCUT2D eigenvalue weighted by Crippen LogP contribution is -2.26. The SMILES string of the molecule is FC(F)(F)c1ccc(-c2nc(C3CCCCN3)cs2)cn1. The van der Waals surface area contributed by atoms with Gasteiger partial charge >= 0.3 is 6.18 Å². The van der Waals surface area contributed by atoms with Crippen molar-refractivity contribution in [1.29, 1.82) is 0 Å². The van der Waals surface area contributed by atoms with E-state index in [1.807, 2.05) is 5.38 Å². The first-order valence-corrected chi connectivity index (χ1v) is 7.64. The molecule has 1 aliphatic rings. The maximum Gasteiger partial charge on any atom is 0.433 e. The molecule has 2 aromatic heterocycles. The van der Waals surface area contributed by atoms with E-state index in [0.717, 1.165) is 24.7 Å². The molecule has 0 amide bonds. The molecule has 1 unspecified atom stereocenters. The molecule has 1 aliphatic heterocycles. The molecule has 0 saturated carbocycles. The second-order valence-electron chi connectivity index (χ2n) is 5.01. The lowest BCUT2D eigenvalue weighted by atomic mass is 10.0. The number of piperidine rings is 1. The first-order chi connectivity index (χ1) is 10.0. The number of alkyl halides is 3. The maximum atomic E-state index is 12.5. The number of rotatable bonds is 2. The Kier molecular flexibility index (Phi) is 3.95. The van der Waals surface area contributed by atoms with E-state index in [4.69, 9.17) is 0 Å². The van der Waals surface area contributed by atoms with Gasteiger partial charge in [-0.15, -0.1) is 11.3 Å². The predicted molar refractivity (Wildman–Crippen MR) is 74.9 cm³/mol. The molecule has 0 aromatic carbocycles. The van der Waals surface area contributed by atoms with Gasteiger partial charge in [0.2, 0.25) is 0 Å². The van der Waals surface area contributed by atoms with Crippen molar-refractivity contribution in [3.05, 3.63) is 35.1 Å². The van der Waals surface area contributed by atoms with E-state index in [-0.39, 0.29) is 6.04 Å². The van der Waals surface area contributed by atoms with Crippen molar-refractivity contribution >= 4 is 11.3 Å². The summed E-state index contributed by atoms with van der Waals surface area (Å²) in [7, 11) is 0. The van der Waals surface area contributed by atoms with Crippen LogP contribution in [-0.2, 0) is 6.18 Å². The highest BCUT2D eigenvalue weighted by Gasteiger charge is 2.32. The van der Waals surface area contributed by atoms with Crippen molar-refractivity contribution in [3.8, 4) is 10.6 Å². The zero-order valence-corrected chi connectivity index (χ0v) is 12.0. The van der Waals surface area contributed by atoms with Crippen molar-refractivity contribution in [1.82, 2.24) is 15.3 Å². The van der Waals surface area contributed by atoms with Crippen LogP contribution in [0.25, 0.3) is 10.6 Å². The average Bonchev–Trinajstić information content (AvgIpc) is 2.97. The van der Waals surface area contributed by atoms with Crippen LogP contribution >= 0.6 is 11.3 Å². The van der Waals surface area contributed by atoms with Gasteiger partial charge in [-0.05, 0) is 31.5 Å². The Hall–Kier alpha value is -1.47. The number of nitrogens with zero attached hydrogens (tertiary/aromatic N) is 2. The fourth-order valence-electron chi connectivity index (χ4n) is 2.37. The molecule has 1 atom stereocenters. The molecule has 21 heavy (non-hydrogen) atoms. The van der Waals surface area contributed by atoms with Crippen LogP contribution in [0.4, 0.5) is 13.2 Å². The molecule has 0 radical (unpaired) electrons. The summed E-state index contributed by atoms with van der Waals surface area (Å²) in [4.78, 5) is 8.00. The van der Waals surface area contributed by atoms with Gasteiger partial charge in [-0.3, -0.25) is 4.98 Å². The Bertz CT molecular complexity index is 601. The van der Waals surface area contributed by atoms with E-state index in [0.29, 0.717) is 10.6 Å². The summed E-state index contributed by atoms with van der Waals surface area (Å²) < 4.78 is 37.5. The molecule has 0 bridgehead atoms. The minimum Gasteiger partial charge on any atom is -0.309 e. The van der Waals surface area contributed by atoms with Crippen LogP contribution in [0, 0.1) is 0 Å². The summed E-state index contributed by atoms with van der Waals surface area (Å²) in [5.74, 6) is 0. The van der Waals surface area contributed by atoms with Crippen molar-refractivity contribution in [3.63, 3.8) is 0 Å². The minimum absolute atomic E-state index is 0.256. The number of aromatic nitrogens is 2. The average molecular weight is 313 g/mol. The lowest BCUT2D eigenvalue weighted by Gasteiger charge is -2.21. The number of halogens is 3. The van der Waals surface area contributed by atoms with Gasteiger partial charge in [-0.25, -0.2) is 4.98 Å². The van der Waals surface area contributed by atoms with E-state index >= 15 is 0 Å². The fraction of sp³-hybridized carbons (Fsp3) is 0.429. The Balaban J connectivity index is 1.79. The van der Waals surface area contributed by atoms with Gasteiger partial charge in [0.05, 0.1) is 11.7 Å². The highest BCUT2D eigenvalue weighted by molar-refractivity contribution is 7.13. The largest absolute Gasteiger partial charge is 0.433 e. The quantitative estimate of drug-likeness (QED) is 0.909. The number of nitrogens with one attached hydrogen (secondary N) is 1. The molecule has 2 aromatic rings. The minimum atomic E-state index is -4.40. The summed E-state index contributed by atoms with van der Waals surface area (Å²) in [6.07, 6.45) is 0.232. The summed E-state index contributed by atoms with van der Waals surface area (Å²) in [6.45, 7) is 0.985. The molecule has 0 spiro atoms. The van der Waals surface area contributed by atoms with Crippen LogP contribution in [0.15, 0.2) is 23.7 Å². The van der Waals surface area contributed by atoms with Crippen molar-refractivity contribution < 1.29 is 13.2 Å². The molecule has 3 nitrogen and oxygen atoms in total. The predicted octanol–water partition coefficient (Wildman–Crippen LogP) is 4.04. The summed E-state index contributed by atoms with van der Waals surface area (Å²) in [6, 6.07) is 2.67. The smallest absolute Gasteiger partial charge is 0.309 e. The number of pyridine rings is 1. The van der Waals surface area contributed by atoms with Gasteiger partial charge in [0.25, 0.3) is 0 Å². The van der Waals surface area contributed by atoms with E-state index in [2.05, 4.69) is 15.3 Å². The van der Waals surface area contributed by atoms with E-state index in [9.17, 15) is 13.2 Å². The Morgan fingerprint density at radius 3 is 2.71 bits per heavy atom. The van der Waals surface area contributed by atoms with Crippen LogP contribution < -0.4 is 5.32 Å². The molecule has 112 valence electrons. The summed E-state index contributed by atoms with van der Waals surface area (Å²) >= 11 is 1.44. The number of thiazole rings is 1. The monoisotopic (exact) mass is 313 g/mol. The van der Waals surface area contributed by atoms with E-state index < -0.39 is 11.9 Å². The van der Waals surface area contributed by atoms with E-state index in [1.165, 1.54) is 36.4 Å². The third kappa shape index (κ3) is 3.24. The van der Waals surface area contributed by atoms with Crippen LogP contribution in [0.2, 0.25) is 0 Å². The van der Waals surface area contributed by atoms with Gasteiger partial charge in [-0.2, -0.15) is 13.2 Å². The van der Waals surface area contributed by atoms with E-state index in [1.54, 1.807) is 0 Å². The second kappa shape index (κ2) is 5.73. The van der Waals surface area contributed by atoms with Crippen LogP contribution in [0.5, 0.6) is 0 Å². The fourth-order valence-corrected chi connectivity index (χ4v) is 3.24. The van der Waals surface area contributed by atoms with Crippen molar-refractivity contribution in [2.45, 2.75) is 31.5 Å². The van der Waals surface area contributed by atoms with Gasteiger partial charge in [-0.1, -0.05) is 6.42 Å². The third-order valence-corrected chi connectivity index (χ3v) is 4.40. The zero-order valence-electron chi connectivity index (χ0n) is 11.2. The molecular formula is C14H14F3N3S. The Morgan fingerprint density at radius 2 is 2.10 bits per heavy atom. The highest BCUT2D eigenvalue weighted by Crippen LogP contribution is 2.31. The third-order valence-electron chi connectivity index (χ3n) is 3.49. The highest BCUT2D eigenvalue weighted by atomic mass is 32.1. The molecule has 0 aliphatic carbocycles. The number of hydrogen-bond donors (Lipinski definition) is 1.